The van der Waals surface area contributed by atoms with Gasteiger partial charge in [-0.2, -0.15) is 19.2 Å². The number of aliphatic hydroxyl groups is 3. The molecule has 9 rings (SSSR count). The molecule has 5 N–H and O–H groups in total. The maximum Gasteiger partial charge on any atom is 1.00 e. The van der Waals surface area contributed by atoms with Gasteiger partial charge < -0.3 is 66.1 Å². The van der Waals surface area contributed by atoms with E-state index in [0.29, 0.717) is 96.6 Å². The first kappa shape index (κ1) is 111. The molecule has 5 heterocycles. The van der Waals surface area contributed by atoms with E-state index in [9.17, 15) is 56.2 Å². The van der Waals surface area contributed by atoms with Crippen molar-refractivity contribution < 1.29 is 192 Å². The fraction of sp³-hybridized carbons (Fsp3) is 0.571. The van der Waals surface area contributed by atoms with E-state index in [4.69, 9.17) is 48.3 Å². The number of ether oxygens (including phenoxy) is 4. The number of Topliss-reactive ketones (excluding diaryl/α,β-unsaturated/α-hetero) is 3. The van der Waals surface area contributed by atoms with Crippen LogP contribution in [0.3, 0.4) is 0 Å². The van der Waals surface area contributed by atoms with Gasteiger partial charge in [-0.15, -0.1) is 0 Å². The Kier molecular flexibility index (Phi) is 69.4. The van der Waals surface area contributed by atoms with E-state index >= 15 is 0 Å². The molecule has 593 valence electrons. The molecule has 4 aromatic carbocycles. The van der Waals surface area contributed by atoms with E-state index in [1.165, 1.54) is 14.7 Å². The predicted octanol–water partition coefficient (Wildman–Crippen LogP) is 6.25. The van der Waals surface area contributed by atoms with Gasteiger partial charge in [0.15, 0.2) is 23.4 Å². The Hall–Kier alpha value is -6.05. The largest absolute Gasteiger partial charge is 1.00 e. The van der Waals surface area contributed by atoms with Gasteiger partial charge in [0.05, 0.1) is 12.2 Å². The Labute approximate surface area is 702 Å². The van der Waals surface area contributed by atoms with E-state index in [0.717, 1.165) is 54.5 Å². The van der Waals surface area contributed by atoms with E-state index in [1.54, 1.807) is 18.7 Å². The third-order valence-electron chi connectivity index (χ3n) is 16.8. The Morgan fingerprint density at radius 2 is 0.824 bits per heavy atom. The SMILES string of the molecule is C.C.CCC1(F)CCN(C(=O)OCc2ccccc2)CCCC1=O.CCC1CCN(C(=O)OCc2ccccc2)CCCC1=O.CCO.O=C(OCc1ccccc1)N1CCCC(O)C(F)CC1.O=C1CCCN(C(=O)OCc2ccccc2)CCC1F.O=C=O.O=C=O.OC1CCCNCCC1F.[B].[H-].[K+].[Na+].[OH-]. The molecule has 108 heavy (non-hydrogen) atoms. The van der Waals surface area contributed by atoms with Crippen molar-refractivity contribution in [3.63, 3.8) is 0 Å². The Morgan fingerprint density at radius 1 is 0.500 bits per heavy atom. The number of ketones is 3. The second-order valence-corrected chi connectivity index (χ2v) is 24.3. The third kappa shape index (κ3) is 47.9. The van der Waals surface area contributed by atoms with Crippen LogP contribution >= 0.6 is 0 Å². The number of carbonyl (C=O) groups excluding carboxylic acids is 11. The number of alkyl halides is 4. The van der Waals surface area contributed by atoms with Gasteiger partial charge in [0, 0.05) is 105 Å². The molecule has 4 aromatic rings. The average Bonchev–Trinajstić information content (AvgIpc) is 0.843. The maximum absolute atomic E-state index is 14.5. The van der Waals surface area contributed by atoms with Crippen molar-refractivity contribution >= 4 is 62.4 Å². The minimum Gasteiger partial charge on any atom is -1.00 e. The summed E-state index contributed by atoms with van der Waals surface area (Å²) in [7, 11) is 0. The van der Waals surface area contributed by atoms with Crippen molar-refractivity contribution in [2.24, 2.45) is 5.92 Å². The number of hydrogen-bond acceptors (Lipinski definition) is 20. The van der Waals surface area contributed by atoms with Crippen LogP contribution in [0.25, 0.3) is 0 Å². The summed E-state index contributed by atoms with van der Waals surface area (Å²) >= 11 is 0. The first-order valence-electron chi connectivity index (χ1n) is 34.8. The van der Waals surface area contributed by atoms with Gasteiger partial charge in [0.2, 0.25) is 0 Å². The zero-order valence-electron chi connectivity index (χ0n) is 62.9. The van der Waals surface area contributed by atoms with Crippen LogP contribution in [-0.2, 0) is 78.9 Å². The van der Waals surface area contributed by atoms with Crippen LogP contribution in [0.2, 0.25) is 0 Å². The van der Waals surface area contributed by atoms with Gasteiger partial charge in [-0.25, -0.2) is 36.7 Å². The van der Waals surface area contributed by atoms with Crippen LogP contribution in [0.1, 0.15) is 168 Å². The summed E-state index contributed by atoms with van der Waals surface area (Å²) in [6.07, 6.45) is 1.05. The molecule has 5 aliphatic heterocycles. The van der Waals surface area contributed by atoms with Crippen molar-refractivity contribution in [1.29, 1.82) is 0 Å². The van der Waals surface area contributed by atoms with Gasteiger partial charge in [0.25, 0.3) is 0 Å². The smallest absolute Gasteiger partial charge is 1.00 e. The van der Waals surface area contributed by atoms with Gasteiger partial charge in [-0.1, -0.05) is 150 Å². The Bertz CT molecular complexity index is 3060. The van der Waals surface area contributed by atoms with Crippen LogP contribution in [0.4, 0.5) is 36.7 Å². The monoisotopic (exact) mass is 1560 g/mol. The fourth-order valence-electron chi connectivity index (χ4n) is 10.8. The average molecular weight is 1560 g/mol. The molecule has 0 spiro atoms. The number of aliphatic hydroxyl groups excluding tert-OH is 3. The molecule has 5 fully saturated rings. The Morgan fingerprint density at radius 3 is 1.20 bits per heavy atom. The minimum absolute atomic E-state index is 0. The number of likely N-dealkylation sites (tertiary alicyclic amines) is 4. The standard InChI is InChI=1S/C17H22FNO3.C17H23NO3.C15H20FNO3.C15H18FNO3.C7H14FNO.C2H6O.2CO2.2CH4.B.K.Na.H2O.H/c1-2-17(18)10-12-19(11-6-9-15(17)20)16(21)22-13-14-7-4-3-5-8-14;1-2-15-10-12-18(11-6-9-16(15)19)17(20)21-13-14-7-4-3-5-8-14;2*16-13-8-10-17(9-4-7-14(13)18)15(19)20-11-12-5-2-1-3-6-12;8-6-3-5-9-4-1-2-7(6)10;1-2-3;2*2-1-3;;;;;;;/h3-5,7-8H,2,6,9-13H2,1H3;3-5,7-8,15H,2,6,9-13H2,1H3;1-3,5-6,13-14,18H,4,7-11H2;1-3,5-6,13H,4,7-11H2;6-7,9-10H,1-5H2;3H,2H2,1H3;;;2*1H4;;;;1H2;/q;;;;;;;;;;;2*+1;;-1/p-1. The van der Waals surface area contributed by atoms with Gasteiger partial charge in [-0.3, -0.25) is 14.4 Å². The molecule has 4 amide bonds. The molecule has 7 unspecified atom stereocenters. The van der Waals surface area contributed by atoms with E-state index in [2.05, 4.69) is 5.32 Å². The molecule has 5 saturated heterocycles. The van der Waals surface area contributed by atoms with Gasteiger partial charge in [0.1, 0.15) is 44.6 Å². The van der Waals surface area contributed by atoms with Crippen molar-refractivity contribution in [3.8, 4) is 0 Å². The quantitative estimate of drug-likeness (QED) is 0.0774. The molecule has 5 aliphatic rings. The number of hydrogen-bond donors (Lipinski definition) is 4. The van der Waals surface area contributed by atoms with Crippen LogP contribution in [0.5, 0.6) is 0 Å². The van der Waals surface area contributed by atoms with E-state index in [1.807, 2.05) is 128 Å². The van der Waals surface area contributed by atoms with E-state index < -0.39 is 54.7 Å². The second-order valence-electron chi connectivity index (χ2n) is 24.3. The van der Waals surface area contributed by atoms with Gasteiger partial charge in [-0.05, 0) is 119 Å². The first-order chi connectivity index (χ1) is 49.1. The molecular weight excluding hydrogens is 1450 g/mol. The third-order valence-corrected chi connectivity index (χ3v) is 16.8. The van der Waals surface area contributed by atoms with Crippen LogP contribution in [-0.4, -0.2) is 211 Å². The summed E-state index contributed by atoms with van der Waals surface area (Å²) < 4.78 is 75.1. The summed E-state index contributed by atoms with van der Waals surface area (Å²) in [6, 6.07) is 37.9. The fourth-order valence-corrected chi connectivity index (χ4v) is 10.8. The number of benzene rings is 4. The summed E-state index contributed by atoms with van der Waals surface area (Å²) in [6.45, 7) is 11.4. The predicted molar refractivity (Wildman–Crippen MR) is 390 cm³/mol. The van der Waals surface area contributed by atoms with Crippen molar-refractivity contribution in [2.75, 3.05) is 72.1 Å². The molecule has 0 saturated carbocycles. The molecule has 3 radical (unpaired) electrons. The molecule has 0 bridgehead atoms. The summed E-state index contributed by atoms with van der Waals surface area (Å²) in [4.78, 5) is 122. The van der Waals surface area contributed by atoms with Crippen molar-refractivity contribution in [3.05, 3.63) is 144 Å². The normalized spacial score (nSPS) is 20.3. The number of halogens is 4. The molecular formula is C77H113BF4KN5NaO19. The molecule has 7 atom stereocenters. The van der Waals surface area contributed by atoms with Crippen molar-refractivity contribution in [2.45, 2.75) is 208 Å². The number of rotatable bonds is 10. The van der Waals surface area contributed by atoms with Crippen LogP contribution < -0.4 is 86.3 Å². The summed E-state index contributed by atoms with van der Waals surface area (Å²) in [5.74, 6) is -0.265. The second kappa shape index (κ2) is 67.8. The van der Waals surface area contributed by atoms with Gasteiger partial charge >= 0.3 is 118 Å². The molecule has 31 heteroatoms. The molecule has 0 aliphatic carbocycles. The zero-order valence-corrected chi connectivity index (χ0v) is 67.1. The molecule has 24 nitrogen and oxygen atoms in total. The topological polar surface area (TPSA) is 340 Å². The Balaban J connectivity index is -0.000000295. The minimum atomic E-state index is -1.81. The maximum atomic E-state index is 14.5. The van der Waals surface area contributed by atoms with Crippen LogP contribution in [0, 0.1) is 5.92 Å². The summed E-state index contributed by atoms with van der Waals surface area (Å²) in [5, 5.41) is 29.2. The van der Waals surface area contributed by atoms with Crippen LogP contribution in [0.15, 0.2) is 121 Å². The zero-order chi connectivity index (χ0) is 75.3. The number of carbonyl (C=O) groups is 7. The van der Waals surface area contributed by atoms with Crippen molar-refractivity contribution in [1.82, 2.24) is 24.9 Å². The first-order valence-corrected chi connectivity index (χ1v) is 34.8. The number of nitrogens with one attached hydrogen (secondary N) is 1. The van der Waals surface area contributed by atoms with E-state index in [-0.39, 0.29) is 232 Å². The summed E-state index contributed by atoms with van der Waals surface area (Å²) in [5.41, 5.74) is 1.92. The molecule has 0 aromatic heterocycles. The number of nitrogens with zero attached hydrogens (tertiary/aromatic N) is 4. The number of amides is 4.